The summed E-state index contributed by atoms with van der Waals surface area (Å²) in [5.41, 5.74) is 2.43. The van der Waals surface area contributed by atoms with Crippen molar-refractivity contribution in [2.75, 3.05) is 11.4 Å². The van der Waals surface area contributed by atoms with Crippen LogP contribution in [0.15, 0.2) is 54.6 Å². The highest BCUT2D eigenvalue weighted by Crippen LogP contribution is 2.22. The smallest absolute Gasteiger partial charge is 0.387 e. The monoisotopic (exact) mass is 386 g/mol. The number of carbonyl (C=O) groups excluding carboxylic acids is 2. The normalized spacial score (nSPS) is 14.1. The van der Waals surface area contributed by atoms with E-state index in [-0.39, 0.29) is 17.6 Å². The predicted octanol–water partition coefficient (Wildman–Crippen LogP) is 3.74. The van der Waals surface area contributed by atoms with E-state index in [0.29, 0.717) is 18.5 Å². The second kappa shape index (κ2) is 9.12. The first kappa shape index (κ1) is 19.5. The maximum atomic E-state index is 12.1. The van der Waals surface area contributed by atoms with Gasteiger partial charge in [-0.1, -0.05) is 24.3 Å². The van der Waals surface area contributed by atoms with Gasteiger partial charge >= 0.3 is 6.61 Å². The van der Waals surface area contributed by atoms with Crippen molar-refractivity contribution in [2.45, 2.75) is 26.0 Å². The molecule has 0 aromatic heterocycles. The minimum Gasteiger partial charge on any atom is -0.435 e. The van der Waals surface area contributed by atoms with Gasteiger partial charge in [-0.3, -0.25) is 9.59 Å². The molecule has 0 aliphatic carbocycles. The summed E-state index contributed by atoms with van der Waals surface area (Å²) in [6.07, 6.45) is 4.39. The van der Waals surface area contributed by atoms with Gasteiger partial charge in [0.2, 0.25) is 11.8 Å². The van der Waals surface area contributed by atoms with Crippen LogP contribution in [0, 0.1) is 0 Å². The summed E-state index contributed by atoms with van der Waals surface area (Å²) < 4.78 is 28.5. The molecule has 7 heteroatoms. The molecule has 28 heavy (non-hydrogen) atoms. The number of ether oxygens (including phenoxy) is 1. The fraction of sp³-hybridized carbons (Fsp3) is 0.238. The van der Waals surface area contributed by atoms with Crippen LogP contribution in [0.2, 0.25) is 0 Å². The molecule has 0 unspecified atom stereocenters. The minimum atomic E-state index is -2.87. The van der Waals surface area contributed by atoms with Crippen LogP contribution in [-0.2, 0) is 16.1 Å². The Morgan fingerprint density at radius 3 is 2.68 bits per heavy atom. The molecule has 1 heterocycles. The lowest BCUT2D eigenvalue weighted by Gasteiger charge is -2.16. The Morgan fingerprint density at radius 2 is 2.00 bits per heavy atom. The zero-order valence-electron chi connectivity index (χ0n) is 15.1. The molecule has 2 amide bonds. The highest BCUT2D eigenvalue weighted by molar-refractivity contribution is 5.95. The molecule has 1 saturated heterocycles. The van der Waals surface area contributed by atoms with Gasteiger partial charge in [0.1, 0.15) is 5.75 Å². The Hall–Kier alpha value is -3.22. The van der Waals surface area contributed by atoms with Gasteiger partial charge in [-0.2, -0.15) is 8.78 Å². The Balaban J connectivity index is 1.53. The predicted molar refractivity (Wildman–Crippen MR) is 102 cm³/mol. The molecule has 1 aliphatic rings. The van der Waals surface area contributed by atoms with E-state index in [0.717, 1.165) is 24.2 Å². The first-order chi connectivity index (χ1) is 13.5. The van der Waals surface area contributed by atoms with Crippen molar-refractivity contribution in [1.82, 2.24) is 5.32 Å². The molecule has 3 rings (SSSR count). The van der Waals surface area contributed by atoms with Crippen molar-refractivity contribution < 1.29 is 23.1 Å². The standard InChI is InChI=1S/C21H20F2N2O3/c22-21(23)28-18-9-6-15(7-10-18)8-11-19(26)24-14-16-3-1-4-17(13-16)25-12-2-5-20(25)27/h1,3-4,6-11,13,21H,2,5,12,14H2,(H,24,26)/b11-8+. The van der Waals surface area contributed by atoms with Crippen molar-refractivity contribution in [3.05, 3.63) is 65.7 Å². The second-order valence-corrected chi connectivity index (χ2v) is 6.32. The Morgan fingerprint density at radius 1 is 1.21 bits per heavy atom. The SMILES string of the molecule is O=C(/C=C/c1ccc(OC(F)F)cc1)NCc1cccc(N2CCCC2=O)c1. The number of anilines is 1. The number of carbonyl (C=O) groups is 2. The lowest BCUT2D eigenvalue weighted by Crippen LogP contribution is -2.24. The van der Waals surface area contributed by atoms with E-state index < -0.39 is 6.61 Å². The van der Waals surface area contributed by atoms with Gasteiger partial charge in [0.25, 0.3) is 0 Å². The quantitative estimate of drug-likeness (QED) is 0.738. The average molecular weight is 386 g/mol. The van der Waals surface area contributed by atoms with Crippen molar-refractivity contribution in [1.29, 1.82) is 0 Å². The van der Waals surface area contributed by atoms with Crippen molar-refractivity contribution in [2.24, 2.45) is 0 Å². The first-order valence-electron chi connectivity index (χ1n) is 8.91. The first-order valence-corrected chi connectivity index (χ1v) is 8.91. The topological polar surface area (TPSA) is 58.6 Å². The average Bonchev–Trinajstić information content (AvgIpc) is 3.11. The fourth-order valence-corrected chi connectivity index (χ4v) is 2.94. The molecule has 1 aliphatic heterocycles. The molecule has 0 saturated carbocycles. The molecule has 0 spiro atoms. The number of benzene rings is 2. The molecule has 2 aromatic carbocycles. The van der Waals surface area contributed by atoms with E-state index in [1.807, 2.05) is 24.3 Å². The van der Waals surface area contributed by atoms with Crippen LogP contribution in [0.5, 0.6) is 5.75 Å². The van der Waals surface area contributed by atoms with Gasteiger partial charge < -0.3 is 15.0 Å². The summed E-state index contributed by atoms with van der Waals surface area (Å²) in [6.45, 7) is -1.81. The zero-order valence-corrected chi connectivity index (χ0v) is 15.1. The Kier molecular flexibility index (Phi) is 6.37. The second-order valence-electron chi connectivity index (χ2n) is 6.32. The fourth-order valence-electron chi connectivity index (χ4n) is 2.94. The number of hydrogen-bond acceptors (Lipinski definition) is 3. The van der Waals surface area contributed by atoms with Crippen LogP contribution in [0.3, 0.4) is 0 Å². The molecule has 1 N–H and O–H groups in total. The summed E-state index contributed by atoms with van der Waals surface area (Å²) >= 11 is 0. The zero-order chi connectivity index (χ0) is 19.9. The maximum absolute atomic E-state index is 12.1. The van der Waals surface area contributed by atoms with E-state index in [1.54, 1.807) is 23.1 Å². The van der Waals surface area contributed by atoms with Gasteiger partial charge in [-0.25, -0.2) is 0 Å². The van der Waals surface area contributed by atoms with Crippen molar-refractivity contribution >= 4 is 23.6 Å². The molecule has 0 radical (unpaired) electrons. The van der Waals surface area contributed by atoms with E-state index in [2.05, 4.69) is 10.1 Å². The number of alkyl halides is 2. The van der Waals surface area contributed by atoms with Gasteiger partial charge in [-0.05, 0) is 47.9 Å². The third kappa shape index (κ3) is 5.39. The van der Waals surface area contributed by atoms with E-state index in [4.69, 9.17) is 0 Å². The summed E-state index contributed by atoms with van der Waals surface area (Å²) in [7, 11) is 0. The number of nitrogens with one attached hydrogen (secondary N) is 1. The summed E-state index contributed by atoms with van der Waals surface area (Å²) in [6, 6.07) is 13.5. The molecule has 0 bridgehead atoms. The molecule has 146 valence electrons. The maximum Gasteiger partial charge on any atom is 0.387 e. The van der Waals surface area contributed by atoms with Crippen LogP contribution in [0.1, 0.15) is 24.0 Å². The lowest BCUT2D eigenvalue weighted by molar-refractivity contribution is -0.117. The van der Waals surface area contributed by atoms with E-state index in [9.17, 15) is 18.4 Å². The van der Waals surface area contributed by atoms with Gasteiger partial charge in [-0.15, -0.1) is 0 Å². The third-order valence-corrected chi connectivity index (χ3v) is 4.29. The molecule has 2 aromatic rings. The minimum absolute atomic E-state index is 0.0629. The number of rotatable bonds is 7. The number of nitrogens with zero attached hydrogens (tertiary/aromatic N) is 1. The van der Waals surface area contributed by atoms with Gasteiger partial charge in [0.05, 0.1) is 0 Å². The third-order valence-electron chi connectivity index (χ3n) is 4.29. The van der Waals surface area contributed by atoms with Crippen LogP contribution in [0.25, 0.3) is 6.08 Å². The molecular formula is C21H20F2N2O3. The van der Waals surface area contributed by atoms with E-state index in [1.165, 1.54) is 18.2 Å². The Labute approximate surface area is 161 Å². The molecule has 5 nitrogen and oxygen atoms in total. The highest BCUT2D eigenvalue weighted by atomic mass is 19.3. The largest absolute Gasteiger partial charge is 0.435 e. The van der Waals surface area contributed by atoms with Crippen molar-refractivity contribution in [3.8, 4) is 5.75 Å². The summed E-state index contributed by atoms with van der Waals surface area (Å²) in [4.78, 5) is 25.6. The summed E-state index contributed by atoms with van der Waals surface area (Å²) in [5, 5.41) is 2.78. The summed E-state index contributed by atoms with van der Waals surface area (Å²) in [5.74, 6) is -0.0994. The molecule has 1 fully saturated rings. The lowest BCUT2D eigenvalue weighted by atomic mass is 10.2. The van der Waals surface area contributed by atoms with Crippen LogP contribution < -0.4 is 15.0 Å². The molecule has 0 atom stereocenters. The number of hydrogen-bond donors (Lipinski definition) is 1. The van der Waals surface area contributed by atoms with Crippen LogP contribution in [-0.4, -0.2) is 25.0 Å². The number of halogens is 2. The van der Waals surface area contributed by atoms with Crippen molar-refractivity contribution in [3.63, 3.8) is 0 Å². The van der Waals surface area contributed by atoms with Gasteiger partial charge in [0.15, 0.2) is 0 Å². The van der Waals surface area contributed by atoms with Crippen LogP contribution >= 0.6 is 0 Å². The van der Waals surface area contributed by atoms with Crippen LogP contribution in [0.4, 0.5) is 14.5 Å². The van der Waals surface area contributed by atoms with E-state index >= 15 is 0 Å². The number of amides is 2. The highest BCUT2D eigenvalue weighted by Gasteiger charge is 2.21. The Bertz CT molecular complexity index is 866. The van der Waals surface area contributed by atoms with Gasteiger partial charge in [0, 0.05) is 31.3 Å². The molecular weight excluding hydrogens is 366 g/mol.